The molecule has 0 aromatic carbocycles. The Morgan fingerprint density at radius 2 is 2.28 bits per heavy atom. The number of carboxylic acids is 1. The van der Waals surface area contributed by atoms with E-state index in [-0.39, 0.29) is 10.7 Å². The van der Waals surface area contributed by atoms with Crippen LogP contribution < -0.4 is 5.32 Å². The molecule has 5 nitrogen and oxygen atoms in total. The van der Waals surface area contributed by atoms with Crippen LogP contribution >= 0.6 is 27.5 Å². The summed E-state index contributed by atoms with van der Waals surface area (Å²) in [5.41, 5.74) is -0.351. The van der Waals surface area contributed by atoms with Crippen molar-refractivity contribution in [1.82, 2.24) is 10.3 Å². The zero-order chi connectivity index (χ0) is 13.7. The maximum Gasteiger partial charge on any atom is 0.341 e. The van der Waals surface area contributed by atoms with Crippen molar-refractivity contribution in [3.05, 3.63) is 39.2 Å². The summed E-state index contributed by atoms with van der Waals surface area (Å²) in [7, 11) is 0. The highest BCUT2D eigenvalue weighted by molar-refractivity contribution is 9.10. The maximum atomic E-state index is 12.0. The smallest absolute Gasteiger partial charge is 0.341 e. The van der Waals surface area contributed by atoms with E-state index in [2.05, 4.69) is 26.2 Å². The number of ketones is 1. The monoisotopic (exact) mass is 332 g/mol. The van der Waals surface area contributed by atoms with Crippen LogP contribution in [0.3, 0.4) is 0 Å². The van der Waals surface area contributed by atoms with Gasteiger partial charge in [-0.15, -0.1) is 0 Å². The molecule has 0 aliphatic heterocycles. The molecule has 7 heteroatoms. The van der Waals surface area contributed by atoms with Gasteiger partial charge in [0.2, 0.25) is 5.78 Å². The van der Waals surface area contributed by atoms with E-state index in [1.54, 1.807) is 6.92 Å². The van der Waals surface area contributed by atoms with Crippen molar-refractivity contribution in [2.45, 2.75) is 6.92 Å². The number of hydrogen-bond donors (Lipinski definition) is 2. The molecule has 1 rings (SSSR count). The van der Waals surface area contributed by atoms with Crippen molar-refractivity contribution in [2.75, 3.05) is 6.54 Å². The third kappa shape index (κ3) is 3.54. The number of aliphatic carboxylic acids is 1. The lowest BCUT2D eigenvalue weighted by atomic mass is 10.1. The number of Topliss-reactive ketones (excluding diaryl/α,β-unsaturated/α-hetero) is 1. The zero-order valence-electron chi connectivity index (χ0n) is 9.41. The van der Waals surface area contributed by atoms with Gasteiger partial charge >= 0.3 is 5.97 Å². The maximum absolute atomic E-state index is 12.0. The summed E-state index contributed by atoms with van der Waals surface area (Å²) in [4.78, 5) is 26.8. The normalized spacial score (nSPS) is 11.2. The van der Waals surface area contributed by atoms with Crippen LogP contribution in [0.4, 0.5) is 0 Å². The molecule has 0 atom stereocenters. The first-order chi connectivity index (χ1) is 8.47. The predicted molar refractivity (Wildman–Crippen MR) is 70.7 cm³/mol. The van der Waals surface area contributed by atoms with Crippen LogP contribution in [0.1, 0.15) is 17.3 Å². The molecule has 0 aliphatic rings. The van der Waals surface area contributed by atoms with Crippen LogP contribution in [0.25, 0.3) is 0 Å². The fourth-order valence-electron chi connectivity index (χ4n) is 1.16. The molecule has 1 aromatic rings. The van der Waals surface area contributed by atoms with Gasteiger partial charge in [0.25, 0.3) is 0 Å². The molecule has 1 heterocycles. The molecule has 0 aliphatic carbocycles. The number of nitrogens with zero attached hydrogens (tertiary/aromatic N) is 1. The lowest BCUT2D eigenvalue weighted by molar-refractivity contribution is -0.132. The van der Waals surface area contributed by atoms with Crippen LogP contribution in [-0.4, -0.2) is 28.4 Å². The summed E-state index contributed by atoms with van der Waals surface area (Å²) in [6.45, 7) is 2.29. The van der Waals surface area contributed by atoms with E-state index in [9.17, 15) is 9.59 Å². The van der Waals surface area contributed by atoms with Crippen molar-refractivity contribution < 1.29 is 14.7 Å². The Bertz CT molecular complexity index is 517. The fourth-order valence-corrected chi connectivity index (χ4v) is 1.68. The number of halogens is 2. The minimum absolute atomic E-state index is 0.0353. The predicted octanol–water partition coefficient (Wildman–Crippen LogP) is 2.26. The Morgan fingerprint density at radius 3 is 2.83 bits per heavy atom. The lowest BCUT2D eigenvalue weighted by Crippen LogP contribution is -2.17. The molecule has 0 amide bonds. The van der Waals surface area contributed by atoms with Gasteiger partial charge in [-0.25, -0.2) is 9.78 Å². The first-order valence-corrected chi connectivity index (χ1v) is 6.17. The Kier molecular flexibility index (Phi) is 5.30. The van der Waals surface area contributed by atoms with E-state index in [1.807, 2.05) is 0 Å². The molecule has 0 fully saturated rings. The number of nitrogens with one attached hydrogen (secondary N) is 1. The Morgan fingerprint density at radius 1 is 1.61 bits per heavy atom. The van der Waals surface area contributed by atoms with Gasteiger partial charge in [-0.3, -0.25) is 4.79 Å². The summed E-state index contributed by atoms with van der Waals surface area (Å²) in [5.74, 6) is -2.01. The minimum atomic E-state index is -1.32. The zero-order valence-corrected chi connectivity index (χ0v) is 11.7. The number of pyridine rings is 1. The summed E-state index contributed by atoms with van der Waals surface area (Å²) in [6, 6.07) is 1.43. The molecular formula is C11H10BrClN2O3. The largest absolute Gasteiger partial charge is 0.477 e. The van der Waals surface area contributed by atoms with Gasteiger partial charge in [-0.05, 0) is 28.9 Å². The van der Waals surface area contributed by atoms with Crippen LogP contribution in [0.5, 0.6) is 0 Å². The summed E-state index contributed by atoms with van der Waals surface area (Å²) in [6.07, 6.45) is 2.58. The van der Waals surface area contributed by atoms with E-state index >= 15 is 0 Å². The van der Waals surface area contributed by atoms with Gasteiger partial charge in [0, 0.05) is 23.4 Å². The topological polar surface area (TPSA) is 79.3 Å². The second kappa shape index (κ2) is 6.51. The van der Waals surface area contributed by atoms with Crippen molar-refractivity contribution in [2.24, 2.45) is 0 Å². The van der Waals surface area contributed by atoms with Crippen LogP contribution in [0.15, 0.2) is 28.5 Å². The molecule has 0 saturated heterocycles. The highest BCUT2D eigenvalue weighted by atomic mass is 79.9. The second-order valence-electron chi connectivity index (χ2n) is 3.24. The van der Waals surface area contributed by atoms with Gasteiger partial charge in [-0.1, -0.05) is 11.6 Å². The number of aromatic nitrogens is 1. The van der Waals surface area contributed by atoms with Crippen LogP contribution in [-0.2, 0) is 4.79 Å². The van der Waals surface area contributed by atoms with Crippen molar-refractivity contribution in [1.29, 1.82) is 0 Å². The number of carbonyl (C=O) groups is 2. The highest BCUT2D eigenvalue weighted by Crippen LogP contribution is 2.21. The van der Waals surface area contributed by atoms with E-state index < -0.39 is 17.3 Å². The number of carboxylic acid groups (broad SMARTS) is 1. The molecule has 1 aromatic heterocycles. The molecule has 0 saturated carbocycles. The minimum Gasteiger partial charge on any atom is -0.477 e. The first kappa shape index (κ1) is 14.7. The Hall–Kier alpha value is -1.40. The van der Waals surface area contributed by atoms with E-state index in [4.69, 9.17) is 16.7 Å². The standard InChI is InChI=1S/C11H10BrClN2O3/c1-2-14-5-8(11(17)18)9(16)7-3-6(12)4-15-10(7)13/h3-5,14H,2H2,1H3,(H,17,18). The van der Waals surface area contributed by atoms with Gasteiger partial charge in [0.1, 0.15) is 10.7 Å². The van der Waals surface area contributed by atoms with E-state index in [0.717, 1.165) is 6.20 Å². The Labute approximate surface area is 117 Å². The highest BCUT2D eigenvalue weighted by Gasteiger charge is 2.22. The molecule has 0 unspecified atom stereocenters. The average molecular weight is 334 g/mol. The van der Waals surface area contributed by atoms with Crippen molar-refractivity contribution in [3.63, 3.8) is 0 Å². The molecule has 0 spiro atoms. The van der Waals surface area contributed by atoms with Gasteiger partial charge < -0.3 is 10.4 Å². The average Bonchev–Trinajstić information content (AvgIpc) is 2.32. The third-order valence-electron chi connectivity index (χ3n) is 1.98. The molecule has 2 N–H and O–H groups in total. The summed E-state index contributed by atoms with van der Waals surface area (Å²) in [5, 5.41) is 11.6. The SMILES string of the molecule is CCNC=C(C(=O)O)C(=O)c1cc(Br)cnc1Cl. The number of hydrogen-bond acceptors (Lipinski definition) is 4. The molecule has 96 valence electrons. The molecule has 0 radical (unpaired) electrons. The number of rotatable bonds is 5. The Balaban J connectivity index is 3.18. The summed E-state index contributed by atoms with van der Waals surface area (Å²) >= 11 is 8.93. The molecule has 0 bridgehead atoms. The van der Waals surface area contributed by atoms with Crippen molar-refractivity contribution >= 4 is 39.3 Å². The summed E-state index contributed by atoms with van der Waals surface area (Å²) < 4.78 is 0.545. The van der Waals surface area contributed by atoms with Gasteiger partial charge in [0.15, 0.2) is 0 Å². The quantitative estimate of drug-likeness (QED) is 0.284. The molecule has 18 heavy (non-hydrogen) atoms. The lowest BCUT2D eigenvalue weighted by Gasteiger charge is -2.05. The van der Waals surface area contributed by atoms with Gasteiger partial charge in [-0.2, -0.15) is 0 Å². The fraction of sp³-hybridized carbons (Fsp3) is 0.182. The van der Waals surface area contributed by atoms with E-state index in [1.165, 1.54) is 12.3 Å². The van der Waals surface area contributed by atoms with E-state index in [0.29, 0.717) is 11.0 Å². The van der Waals surface area contributed by atoms with Crippen LogP contribution in [0, 0.1) is 0 Å². The van der Waals surface area contributed by atoms with Gasteiger partial charge in [0.05, 0.1) is 5.56 Å². The molecular weight excluding hydrogens is 323 g/mol. The third-order valence-corrected chi connectivity index (χ3v) is 2.71. The first-order valence-electron chi connectivity index (χ1n) is 5.00. The number of carbonyl (C=O) groups excluding carboxylic acids is 1. The van der Waals surface area contributed by atoms with Crippen LogP contribution in [0.2, 0.25) is 5.15 Å². The van der Waals surface area contributed by atoms with Crippen molar-refractivity contribution in [3.8, 4) is 0 Å². The second-order valence-corrected chi connectivity index (χ2v) is 4.52.